The van der Waals surface area contributed by atoms with E-state index in [0.717, 1.165) is 25.7 Å². The van der Waals surface area contributed by atoms with Crippen LogP contribution < -0.4 is 5.32 Å². The van der Waals surface area contributed by atoms with Gasteiger partial charge in [-0.25, -0.2) is 0 Å². The monoisotopic (exact) mass is 342 g/mol. The molecule has 0 aromatic rings. The summed E-state index contributed by atoms with van der Waals surface area (Å²) in [5.41, 5.74) is -0.201. The first-order valence-electron chi connectivity index (χ1n) is 8.17. The van der Waals surface area contributed by atoms with Crippen LogP contribution in [0.25, 0.3) is 0 Å². The Balaban J connectivity index is 1.96. The molecule has 0 bridgehead atoms. The first-order chi connectivity index (χ1) is 11.0. The molecule has 2 aliphatic rings. The van der Waals surface area contributed by atoms with Crippen molar-refractivity contribution in [1.82, 2.24) is 10.2 Å². The molecule has 23 heavy (non-hydrogen) atoms. The SMILES string of the molecule is COC(=O)CC1(CNC(=O)[C@H]2CSCN2C(C)=O)CCCCC1. The van der Waals surface area contributed by atoms with Crippen molar-refractivity contribution in [2.75, 3.05) is 25.3 Å². The summed E-state index contributed by atoms with van der Waals surface area (Å²) in [6.45, 7) is 1.97. The number of amides is 2. The maximum atomic E-state index is 12.5. The summed E-state index contributed by atoms with van der Waals surface area (Å²) < 4.78 is 4.83. The van der Waals surface area contributed by atoms with Gasteiger partial charge in [0, 0.05) is 19.2 Å². The fourth-order valence-electron chi connectivity index (χ4n) is 3.46. The standard InChI is InChI=1S/C16H26N2O4S/c1-12(19)18-11-23-9-13(18)15(21)17-10-16(8-14(20)22-2)6-4-3-5-7-16/h13H,3-11H2,1-2H3,(H,17,21)/t13-/m1/s1. The highest BCUT2D eigenvalue weighted by molar-refractivity contribution is 7.99. The quantitative estimate of drug-likeness (QED) is 0.767. The molecule has 0 aromatic carbocycles. The van der Waals surface area contributed by atoms with Crippen LogP contribution in [-0.4, -0.2) is 54.0 Å². The molecule has 0 radical (unpaired) electrons. The molecule has 7 heteroatoms. The first-order valence-corrected chi connectivity index (χ1v) is 9.32. The lowest BCUT2D eigenvalue weighted by Crippen LogP contribution is -2.49. The van der Waals surface area contributed by atoms with Gasteiger partial charge in [-0.3, -0.25) is 14.4 Å². The molecule has 2 rings (SSSR count). The van der Waals surface area contributed by atoms with Gasteiger partial charge < -0.3 is 15.0 Å². The Bertz CT molecular complexity index is 463. The van der Waals surface area contributed by atoms with Crippen LogP contribution >= 0.6 is 11.8 Å². The molecule has 1 atom stereocenters. The molecule has 2 amide bonds. The van der Waals surface area contributed by atoms with Gasteiger partial charge in [0.25, 0.3) is 0 Å². The summed E-state index contributed by atoms with van der Waals surface area (Å²) in [5, 5.41) is 3.00. The number of nitrogens with one attached hydrogen (secondary N) is 1. The lowest BCUT2D eigenvalue weighted by Gasteiger charge is -2.37. The summed E-state index contributed by atoms with van der Waals surface area (Å²) in [6, 6.07) is -0.392. The Hall–Kier alpha value is -1.24. The minimum atomic E-state index is -0.392. The van der Waals surface area contributed by atoms with Crippen LogP contribution in [0.2, 0.25) is 0 Å². The zero-order valence-electron chi connectivity index (χ0n) is 13.9. The normalized spacial score (nSPS) is 23.4. The summed E-state index contributed by atoms with van der Waals surface area (Å²) >= 11 is 1.59. The molecule has 0 unspecified atom stereocenters. The maximum absolute atomic E-state index is 12.5. The predicted octanol–water partition coefficient (Wildman–Crippen LogP) is 1.54. The summed E-state index contributed by atoms with van der Waals surface area (Å²) in [5.74, 6) is 0.802. The first kappa shape index (κ1) is 18.1. The summed E-state index contributed by atoms with van der Waals surface area (Å²) in [4.78, 5) is 37.4. The molecular formula is C16H26N2O4S. The van der Waals surface area contributed by atoms with Crippen molar-refractivity contribution in [3.05, 3.63) is 0 Å². The van der Waals surface area contributed by atoms with Crippen molar-refractivity contribution in [3.63, 3.8) is 0 Å². The molecule has 1 saturated carbocycles. The van der Waals surface area contributed by atoms with Gasteiger partial charge in [-0.05, 0) is 18.3 Å². The molecule has 0 spiro atoms. The third kappa shape index (κ3) is 4.62. The average Bonchev–Trinajstić information content (AvgIpc) is 3.03. The van der Waals surface area contributed by atoms with Crippen molar-refractivity contribution in [2.24, 2.45) is 5.41 Å². The third-order valence-corrected chi connectivity index (χ3v) is 5.90. The Morgan fingerprint density at radius 2 is 1.96 bits per heavy atom. The Kier molecular flexibility index (Phi) is 6.33. The smallest absolute Gasteiger partial charge is 0.306 e. The zero-order valence-corrected chi connectivity index (χ0v) is 14.7. The van der Waals surface area contributed by atoms with Crippen molar-refractivity contribution in [3.8, 4) is 0 Å². The Labute approximate surface area is 141 Å². The van der Waals surface area contributed by atoms with Crippen LogP contribution in [0.5, 0.6) is 0 Å². The minimum absolute atomic E-state index is 0.0721. The van der Waals surface area contributed by atoms with Crippen molar-refractivity contribution in [1.29, 1.82) is 0 Å². The molecule has 2 fully saturated rings. The number of nitrogens with zero attached hydrogens (tertiary/aromatic N) is 1. The molecule has 0 aromatic heterocycles. The predicted molar refractivity (Wildman–Crippen MR) is 88.8 cm³/mol. The lowest BCUT2D eigenvalue weighted by molar-refractivity contribution is -0.144. The van der Waals surface area contributed by atoms with Gasteiger partial charge in [0.1, 0.15) is 6.04 Å². The highest BCUT2D eigenvalue weighted by Crippen LogP contribution is 2.39. The van der Waals surface area contributed by atoms with E-state index in [-0.39, 0.29) is 23.2 Å². The fraction of sp³-hybridized carbons (Fsp3) is 0.812. The maximum Gasteiger partial charge on any atom is 0.306 e. The number of thioether (sulfide) groups is 1. The van der Waals surface area contributed by atoms with E-state index in [1.807, 2.05) is 0 Å². The van der Waals surface area contributed by atoms with Crippen LogP contribution in [0.1, 0.15) is 45.4 Å². The Morgan fingerprint density at radius 3 is 2.57 bits per heavy atom. The molecule has 1 heterocycles. The molecule has 1 aliphatic heterocycles. The second-order valence-electron chi connectivity index (χ2n) is 6.54. The number of rotatable bonds is 5. The Morgan fingerprint density at radius 1 is 1.26 bits per heavy atom. The van der Waals surface area contributed by atoms with E-state index >= 15 is 0 Å². The van der Waals surface area contributed by atoms with Crippen LogP contribution in [0.15, 0.2) is 0 Å². The largest absolute Gasteiger partial charge is 0.469 e. The lowest BCUT2D eigenvalue weighted by atomic mass is 9.71. The van der Waals surface area contributed by atoms with Gasteiger partial charge in [-0.2, -0.15) is 0 Å². The number of carbonyl (C=O) groups excluding carboxylic acids is 3. The summed E-state index contributed by atoms with van der Waals surface area (Å²) in [6.07, 6.45) is 5.53. The van der Waals surface area contributed by atoms with Crippen molar-refractivity contribution < 1.29 is 19.1 Å². The number of ether oxygens (including phenoxy) is 1. The van der Waals surface area contributed by atoms with Gasteiger partial charge in [0.15, 0.2) is 0 Å². The van der Waals surface area contributed by atoms with E-state index in [1.165, 1.54) is 20.5 Å². The van der Waals surface area contributed by atoms with Gasteiger partial charge in [0.2, 0.25) is 11.8 Å². The molecule has 6 nitrogen and oxygen atoms in total. The van der Waals surface area contributed by atoms with Crippen LogP contribution in [0.4, 0.5) is 0 Å². The number of carbonyl (C=O) groups is 3. The van der Waals surface area contributed by atoms with E-state index in [1.54, 1.807) is 16.7 Å². The van der Waals surface area contributed by atoms with Gasteiger partial charge in [-0.15, -0.1) is 11.8 Å². The molecule has 1 N–H and O–H groups in total. The highest BCUT2D eigenvalue weighted by Gasteiger charge is 2.37. The van der Waals surface area contributed by atoms with Crippen LogP contribution in [0.3, 0.4) is 0 Å². The molecule has 130 valence electrons. The highest BCUT2D eigenvalue weighted by atomic mass is 32.2. The minimum Gasteiger partial charge on any atom is -0.469 e. The molecular weight excluding hydrogens is 316 g/mol. The second-order valence-corrected chi connectivity index (χ2v) is 7.54. The number of hydrogen-bond donors (Lipinski definition) is 1. The van der Waals surface area contributed by atoms with Crippen LogP contribution in [-0.2, 0) is 19.1 Å². The zero-order chi connectivity index (χ0) is 16.9. The van der Waals surface area contributed by atoms with E-state index < -0.39 is 6.04 Å². The molecule has 1 saturated heterocycles. The van der Waals surface area contributed by atoms with Crippen molar-refractivity contribution in [2.45, 2.75) is 51.5 Å². The number of methoxy groups -OCH3 is 1. The van der Waals surface area contributed by atoms with Crippen molar-refractivity contribution >= 4 is 29.5 Å². The second kappa shape index (κ2) is 8.04. The number of hydrogen-bond acceptors (Lipinski definition) is 5. The summed E-state index contributed by atoms with van der Waals surface area (Å²) in [7, 11) is 1.40. The van der Waals surface area contributed by atoms with E-state index in [0.29, 0.717) is 24.6 Å². The van der Waals surface area contributed by atoms with E-state index in [2.05, 4.69) is 5.32 Å². The van der Waals surface area contributed by atoms with Gasteiger partial charge in [0.05, 0.1) is 19.4 Å². The van der Waals surface area contributed by atoms with E-state index in [9.17, 15) is 14.4 Å². The third-order valence-electron chi connectivity index (χ3n) is 4.89. The molecule has 1 aliphatic carbocycles. The fourth-order valence-corrected chi connectivity index (χ4v) is 4.68. The van der Waals surface area contributed by atoms with Crippen LogP contribution in [0, 0.1) is 5.41 Å². The van der Waals surface area contributed by atoms with Gasteiger partial charge >= 0.3 is 5.97 Å². The van der Waals surface area contributed by atoms with Gasteiger partial charge in [-0.1, -0.05) is 19.3 Å². The average molecular weight is 342 g/mol. The topological polar surface area (TPSA) is 75.7 Å². The number of esters is 1. The van der Waals surface area contributed by atoms with E-state index in [4.69, 9.17) is 4.74 Å².